The van der Waals surface area contributed by atoms with Gasteiger partial charge in [-0.05, 0) is 38.8 Å². The molecule has 34 heavy (non-hydrogen) atoms. The van der Waals surface area contributed by atoms with Crippen molar-refractivity contribution in [3.63, 3.8) is 0 Å². The first-order chi connectivity index (χ1) is 16.0. The second-order valence-corrected chi connectivity index (χ2v) is 9.35. The number of thiazole rings is 1. The lowest BCUT2D eigenvalue weighted by molar-refractivity contribution is -0.137. The highest BCUT2D eigenvalue weighted by Crippen LogP contribution is 2.36. The fourth-order valence-corrected chi connectivity index (χ4v) is 4.84. The number of para-hydroxylation sites is 1. The van der Waals surface area contributed by atoms with Crippen molar-refractivity contribution in [1.82, 2.24) is 9.88 Å². The first-order valence-corrected chi connectivity index (χ1v) is 12.4. The minimum absolute atomic E-state index is 0.0233. The van der Waals surface area contributed by atoms with Gasteiger partial charge in [-0.3, -0.25) is 4.79 Å². The van der Waals surface area contributed by atoms with Crippen molar-refractivity contribution >= 4 is 28.5 Å². The molecule has 0 fully saturated rings. The monoisotopic (exact) mass is 493 g/mol. The number of alkyl halides is 3. The van der Waals surface area contributed by atoms with Crippen molar-refractivity contribution in [2.45, 2.75) is 71.6 Å². The number of carbonyl (C=O) groups is 1. The number of amides is 1. The minimum atomic E-state index is -4.47. The lowest BCUT2D eigenvalue weighted by Crippen LogP contribution is -2.45. The summed E-state index contributed by atoms with van der Waals surface area (Å²) in [6.07, 6.45) is 2.45. The molecule has 0 saturated heterocycles. The number of carbonyl (C=O) groups excluding carboxylic acids is 1. The molecule has 0 aliphatic carbocycles. The van der Waals surface area contributed by atoms with Gasteiger partial charge in [0.1, 0.15) is 10.7 Å². The number of nitrogens with zero attached hydrogens (tertiary/aromatic N) is 3. The number of halogens is 3. The number of allylic oxidation sites excluding steroid dienone is 2. The van der Waals surface area contributed by atoms with E-state index in [-0.39, 0.29) is 23.7 Å². The van der Waals surface area contributed by atoms with Crippen LogP contribution in [0.1, 0.15) is 74.4 Å². The maximum atomic E-state index is 13.4. The topological polar surface area (TPSA) is 36.4 Å². The van der Waals surface area contributed by atoms with Crippen LogP contribution in [0, 0.1) is 0 Å². The third-order valence-corrected chi connectivity index (χ3v) is 6.43. The van der Waals surface area contributed by atoms with E-state index in [0.29, 0.717) is 16.3 Å². The summed E-state index contributed by atoms with van der Waals surface area (Å²) < 4.78 is 40.3. The normalized spacial score (nSPS) is 12.4. The van der Waals surface area contributed by atoms with Crippen molar-refractivity contribution in [2.75, 3.05) is 11.9 Å². The molecule has 4 nitrogen and oxygen atoms in total. The zero-order valence-corrected chi connectivity index (χ0v) is 21.3. The second kappa shape index (κ2) is 12.2. The average molecular weight is 494 g/mol. The van der Waals surface area contributed by atoms with Gasteiger partial charge in [0.25, 0.3) is 5.91 Å². The smallest absolute Gasteiger partial charge is 0.350 e. The first kappa shape index (κ1) is 27.6. The minimum Gasteiger partial charge on any atom is -0.350 e. The van der Waals surface area contributed by atoms with Crippen molar-refractivity contribution in [3.05, 3.63) is 64.8 Å². The van der Waals surface area contributed by atoms with Crippen molar-refractivity contribution < 1.29 is 18.0 Å². The highest BCUT2D eigenvalue weighted by Gasteiger charge is 2.34. The van der Waals surface area contributed by atoms with E-state index < -0.39 is 11.7 Å². The molecule has 0 aliphatic heterocycles. The highest BCUT2D eigenvalue weighted by atomic mass is 32.1. The highest BCUT2D eigenvalue weighted by molar-refractivity contribution is 7.11. The van der Waals surface area contributed by atoms with Gasteiger partial charge >= 0.3 is 6.18 Å². The summed E-state index contributed by atoms with van der Waals surface area (Å²) in [4.78, 5) is 21.2. The molecule has 8 heteroatoms. The van der Waals surface area contributed by atoms with E-state index in [1.54, 1.807) is 24.7 Å². The number of hydrogen-bond acceptors (Lipinski definition) is 4. The van der Waals surface area contributed by atoms with E-state index in [0.717, 1.165) is 31.7 Å². The van der Waals surface area contributed by atoms with Gasteiger partial charge in [0.05, 0.1) is 11.3 Å². The Morgan fingerprint density at radius 3 is 2.32 bits per heavy atom. The van der Waals surface area contributed by atoms with Gasteiger partial charge in [-0.15, -0.1) is 11.3 Å². The molecule has 0 unspecified atom stereocenters. The van der Waals surface area contributed by atoms with Crippen LogP contribution in [-0.4, -0.2) is 34.9 Å². The summed E-state index contributed by atoms with van der Waals surface area (Å²) in [6, 6.07) is 5.57. The second-order valence-electron chi connectivity index (χ2n) is 8.49. The maximum absolute atomic E-state index is 13.4. The van der Waals surface area contributed by atoms with E-state index in [9.17, 15) is 18.0 Å². The van der Waals surface area contributed by atoms with Crippen LogP contribution >= 0.6 is 11.3 Å². The standard InChI is InChI=1S/C26H34F3N3OS/c1-7-12-20(13-8-2)32(18(4)5)25(33)22-17-34-24(30-22)19(9-3)16-31(6)23-15-11-10-14-21(23)26(27,28)29/h9-11,14-18,20H,3,7-8,12-13H2,1-2,4-6H3/b19-16+. The first-order valence-electron chi connectivity index (χ1n) is 11.6. The molecule has 0 aliphatic rings. The lowest BCUT2D eigenvalue weighted by atomic mass is 10.0. The van der Waals surface area contributed by atoms with Gasteiger partial charge in [0.15, 0.2) is 0 Å². The molecular weight excluding hydrogens is 459 g/mol. The molecule has 0 atom stereocenters. The average Bonchev–Trinajstić information content (AvgIpc) is 3.27. The summed E-state index contributed by atoms with van der Waals surface area (Å²) in [7, 11) is 1.55. The largest absolute Gasteiger partial charge is 0.418 e. The Balaban J connectivity index is 2.37. The molecule has 1 amide bonds. The number of anilines is 1. The third kappa shape index (κ3) is 6.72. The fraction of sp³-hybridized carbons (Fsp3) is 0.462. The zero-order valence-electron chi connectivity index (χ0n) is 20.5. The van der Waals surface area contributed by atoms with E-state index in [1.807, 2.05) is 18.7 Å². The molecule has 1 heterocycles. The maximum Gasteiger partial charge on any atom is 0.418 e. The SMILES string of the molecule is C=C/C(=C\N(C)c1ccccc1C(F)(F)F)c1nc(C(=O)N(C(C)C)C(CCC)CCC)cs1. The van der Waals surface area contributed by atoms with Crippen molar-refractivity contribution in [3.8, 4) is 0 Å². The number of rotatable bonds is 11. The van der Waals surface area contributed by atoms with Gasteiger partial charge in [0.2, 0.25) is 0 Å². The molecule has 0 N–H and O–H groups in total. The van der Waals surface area contributed by atoms with E-state index >= 15 is 0 Å². The molecule has 2 rings (SSSR count). The number of aromatic nitrogens is 1. The van der Waals surface area contributed by atoms with Crippen LogP contribution < -0.4 is 4.90 Å². The summed E-state index contributed by atoms with van der Waals surface area (Å²) in [6.45, 7) is 12.0. The van der Waals surface area contributed by atoms with Crippen LogP contribution in [0.5, 0.6) is 0 Å². The van der Waals surface area contributed by atoms with Crippen LogP contribution in [0.15, 0.2) is 48.5 Å². The van der Waals surface area contributed by atoms with E-state index in [2.05, 4.69) is 25.4 Å². The van der Waals surface area contributed by atoms with Crippen molar-refractivity contribution in [2.24, 2.45) is 0 Å². The summed E-state index contributed by atoms with van der Waals surface area (Å²) in [5.74, 6) is -0.122. The van der Waals surface area contributed by atoms with Crippen LogP contribution in [0.25, 0.3) is 5.57 Å². The van der Waals surface area contributed by atoms with Gasteiger partial charge in [-0.25, -0.2) is 4.98 Å². The summed E-state index contributed by atoms with van der Waals surface area (Å²) >= 11 is 1.28. The molecule has 1 aromatic carbocycles. The van der Waals surface area contributed by atoms with Gasteiger partial charge in [0, 0.05) is 36.3 Å². The van der Waals surface area contributed by atoms with Gasteiger partial charge in [-0.1, -0.05) is 51.5 Å². The lowest BCUT2D eigenvalue weighted by Gasteiger charge is -2.34. The Morgan fingerprint density at radius 1 is 1.18 bits per heavy atom. The molecule has 2 aromatic rings. The van der Waals surface area contributed by atoms with Gasteiger partial charge < -0.3 is 9.80 Å². The predicted octanol–water partition coefficient (Wildman–Crippen LogP) is 7.64. The Hall–Kier alpha value is -2.61. The molecule has 0 spiro atoms. The Bertz CT molecular complexity index is 991. The molecule has 186 valence electrons. The molecular formula is C26H34F3N3OS. The number of benzene rings is 1. The predicted molar refractivity (Wildman–Crippen MR) is 135 cm³/mol. The quantitative estimate of drug-likeness (QED) is 0.302. The van der Waals surface area contributed by atoms with E-state index in [4.69, 9.17) is 0 Å². The van der Waals surface area contributed by atoms with Crippen LogP contribution in [0.4, 0.5) is 18.9 Å². The van der Waals surface area contributed by atoms with Gasteiger partial charge in [-0.2, -0.15) is 13.2 Å². The Morgan fingerprint density at radius 2 is 1.79 bits per heavy atom. The fourth-order valence-electron chi connectivity index (χ4n) is 4.04. The molecule has 0 saturated carbocycles. The van der Waals surface area contributed by atoms with Crippen LogP contribution in [0.2, 0.25) is 0 Å². The van der Waals surface area contributed by atoms with Crippen LogP contribution in [0.3, 0.4) is 0 Å². The van der Waals surface area contributed by atoms with Crippen LogP contribution in [-0.2, 0) is 6.18 Å². The molecule has 0 bridgehead atoms. The molecule has 0 radical (unpaired) electrons. The Kier molecular flexibility index (Phi) is 9.91. The zero-order chi connectivity index (χ0) is 25.5. The molecule has 1 aromatic heterocycles. The summed E-state index contributed by atoms with van der Waals surface area (Å²) in [5.41, 5.74) is 0.183. The van der Waals surface area contributed by atoms with E-state index in [1.165, 1.54) is 34.4 Å². The summed E-state index contributed by atoms with van der Waals surface area (Å²) in [5, 5.41) is 2.24. The number of hydrogen-bond donors (Lipinski definition) is 0. The Labute approximate surface area is 204 Å². The van der Waals surface area contributed by atoms with Crippen molar-refractivity contribution in [1.29, 1.82) is 0 Å². The third-order valence-electron chi connectivity index (χ3n) is 5.54.